The van der Waals surface area contributed by atoms with E-state index >= 15 is 0 Å². The zero-order valence-electron chi connectivity index (χ0n) is 10.4. The number of hydrogen-bond donors (Lipinski definition) is 1. The highest BCUT2D eigenvalue weighted by atomic mass is 16.4. The number of carbonyl (C=O) groups is 1. The molecule has 100 valence electrons. The fourth-order valence-electron chi connectivity index (χ4n) is 2.00. The summed E-state index contributed by atoms with van der Waals surface area (Å²) in [6, 6.07) is 11.7. The molecule has 0 radical (unpaired) electrons. The Hall–Kier alpha value is -2.89. The number of pyridine rings is 1. The van der Waals surface area contributed by atoms with E-state index in [9.17, 15) is 9.59 Å². The second kappa shape index (κ2) is 4.65. The predicted molar refractivity (Wildman–Crippen MR) is 72.0 cm³/mol. The van der Waals surface area contributed by atoms with Gasteiger partial charge in [0.2, 0.25) is 0 Å². The van der Waals surface area contributed by atoms with E-state index in [4.69, 9.17) is 5.11 Å². The van der Waals surface area contributed by atoms with Crippen molar-refractivity contribution in [3.63, 3.8) is 0 Å². The van der Waals surface area contributed by atoms with Gasteiger partial charge in [-0.3, -0.25) is 4.40 Å². The molecule has 1 aromatic carbocycles. The van der Waals surface area contributed by atoms with Gasteiger partial charge >= 0.3 is 11.7 Å². The Kier molecular flexibility index (Phi) is 2.83. The van der Waals surface area contributed by atoms with Gasteiger partial charge in [-0.25, -0.2) is 14.3 Å². The fourth-order valence-corrected chi connectivity index (χ4v) is 2.00. The first-order valence-electron chi connectivity index (χ1n) is 6.01. The van der Waals surface area contributed by atoms with Gasteiger partial charge in [0.05, 0.1) is 12.1 Å². The highest BCUT2D eigenvalue weighted by molar-refractivity contribution is 5.87. The molecule has 0 saturated heterocycles. The van der Waals surface area contributed by atoms with Crippen molar-refractivity contribution in [2.45, 2.75) is 6.54 Å². The zero-order chi connectivity index (χ0) is 14.1. The zero-order valence-corrected chi connectivity index (χ0v) is 10.4. The van der Waals surface area contributed by atoms with Crippen molar-refractivity contribution >= 4 is 11.6 Å². The number of hydrogen-bond acceptors (Lipinski definition) is 3. The van der Waals surface area contributed by atoms with E-state index in [0.29, 0.717) is 12.2 Å². The minimum atomic E-state index is -0.971. The third-order valence-electron chi connectivity index (χ3n) is 3.02. The topological polar surface area (TPSA) is 76.6 Å². The molecule has 0 amide bonds. The summed E-state index contributed by atoms with van der Waals surface area (Å²) in [5, 5.41) is 13.0. The average molecular weight is 269 g/mol. The van der Waals surface area contributed by atoms with Crippen molar-refractivity contribution in [3.05, 3.63) is 70.3 Å². The largest absolute Gasteiger partial charge is 0.478 e. The molecule has 0 aliphatic carbocycles. The maximum atomic E-state index is 12.1. The molecule has 3 aromatic rings. The monoisotopic (exact) mass is 269 g/mol. The number of aromatic nitrogens is 3. The third kappa shape index (κ3) is 2.07. The molecule has 0 atom stereocenters. The summed E-state index contributed by atoms with van der Waals surface area (Å²) in [5.41, 5.74) is 1.40. The molecule has 0 spiro atoms. The lowest BCUT2D eigenvalue weighted by Gasteiger charge is -2.00. The molecule has 0 aliphatic heterocycles. The molecule has 0 unspecified atom stereocenters. The summed E-state index contributed by atoms with van der Waals surface area (Å²) in [7, 11) is 0. The summed E-state index contributed by atoms with van der Waals surface area (Å²) in [6.07, 6.45) is 1.66. The summed E-state index contributed by atoms with van der Waals surface area (Å²) in [4.78, 5) is 22.8. The van der Waals surface area contributed by atoms with E-state index in [0.717, 1.165) is 5.56 Å². The summed E-state index contributed by atoms with van der Waals surface area (Å²) in [6.45, 7) is 0.306. The predicted octanol–water partition coefficient (Wildman–Crippen LogP) is 1.24. The highest BCUT2D eigenvalue weighted by Crippen LogP contribution is 2.06. The lowest BCUT2D eigenvalue weighted by atomic mass is 10.1. The minimum absolute atomic E-state index is 0.219. The first-order chi connectivity index (χ1) is 9.65. The molecule has 1 N–H and O–H groups in total. The minimum Gasteiger partial charge on any atom is -0.478 e. The quantitative estimate of drug-likeness (QED) is 0.776. The number of carboxylic acids is 1. The van der Waals surface area contributed by atoms with Crippen molar-refractivity contribution in [1.82, 2.24) is 14.2 Å². The lowest BCUT2D eigenvalue weighted by molar-refractivity contribution is 0.0697. The van der Waals surface area contributed by atoms with E-state index in [1.54, 1.807) is 30.5 Å². The van der Waals surface area contributed by atoms with E-state index < -0.39 is 5.97 Å². The van der Waals surface area contributed by atoms with Gasteiger partial charge in [0.15, 0.2) is 5.65 Å². The molecule has 0 saturated carbocycles. The van der Waals surface area contributed by atoms with Crippen LogP contribution >= 0.6 is 0 Å². The number of aromatic carboxylic acids is 1. The van der Waals surface area contributed by atoms with Gasteiger partial charge < -0.3 is 5.11 Å². The molecule has 2 aromatic heterocycles. The summed E-state index contributed by atoms with van der Waals surface area (Å²) >= 11 is 0. The van der Waals surface area contributed by atoms with Gasteiger partial charge in [-0.05, 0) is 29.8 Å². The third-order valence-corrected chi connectivity index (χ3v) is 3.02. The number of carboxylic acid groups (broad SMARTS) is 1. The van der Waals surface area contributed by atoms with Gasteiger partial charge in [-0.15, -0.1) is 5.10 Å². The van der Waals surface area contributed by atoms with Crippen LogP contribution in [0.25, 0.3) is 5.65 Å². The smallest absolute Gasteiger partial charge is 0.350 e. The average Bonchev–Trinajstić information content (AvgIpc) is 2.77. The molecular formula is C14H11N3O3. The van der Waals surface area contributed by atoms with Gasteiger partial charge in [-0.2, -0.15) is 0 Å². The lowest BCUT2D eigenvalue weighted by Crippen LogP contribution is -2.21. The first-order valence-corrected chi connectivity index (χ1v) is 6.01. The maximum Gasteiger partial charge on any atom is 0.350 e. The van der Waals surface area contributed by atoms with E-state index in [2.05, 4.69) is 5.10 Å². The summed E-state index contributed by atoms with van der Waals surface area (Å²) < 4.78 is 2.82. The van der Waals surface area contributed by atoms with Crippen LogP contribution in [0, 0.1) is 0 Å². The molecule has 0 aliphatic rings. The van der Waals surface area contributed by atoms with Crippen LogP contribution in [0.5, 0.6) is 0 Å². The van der Waals surface area contributed by atoms with Gasteiger partial charge in [0.25, 0.3) is 0 Å². The Labute approximate surface area is 113 Å². The molecule has 0 fully saturated rings. The van der Waals surface area contributed by atoms with Crippen molar-refractivity contribution < 1.29 is 9.90 Å². The van der Waals surface area contributed by atoms with Crippen LogP contribution in [0.15, 0.2) is 53.5 Å². The van der Waals surface area contributed by atoms with Gasteiger partial charge in [0, 0.05) is 6.20 Å². The molecule has 6 heteroatoms. The van der Waals surface area contributed by atoms with Gasteiger partial charge in [0.1, 0.15) is 0 Å². The Morgan fingerprint density at radius 2 is 1.90 bits per heavy atom. The van der Waals surface area contributed by atoms with Crippen LogP contribution in [-0.4, -0.2) is 25.3 Å². The summed E-state index contributed by atoms with van der Waals surface area (Å²) in [5.74, 6) is -0.971. The number of rotatable bonds is 3. The SMILES string of the molecule is O=C(O)c1ccc(Cn2nc3ccccn3c2=O)cc1. The van der Waals surface area contributed by atoms with Crippen LogP contribution in [0.2, 0.25) is 0 Å². The van der Waals surface area contributed by atoms with E-state index in [1.165, 1.54) is 21.2 Å². The molecular weight excluding hydrogens is 258 g/mol. The standard InChI is InChI=1S/C14H11N3O3/c18-13(19)11-6-4-10(5-7-11)9-17-14(20)16-8-2-1-3-12(16)15-17/h1-8H,9H2,(H,18,19). The number of benzene rings is 1. The van der Waals surface area contributed by atoms with Gasteiger partial charge in [-0.1, -0.05) is 18.2 Å². The Balaban J connectivity index is 1.95. The number of nitrogens with zero attached hydrogens (tertiary/aromatic N) is 3. The van der Waals surface area contributed by atoms with Crippen LogP contribution in [0.1, 0.15) is 15.9 Å². The highest BCUT2D eigenvalue weighted by Gasteiger charge is 2.07. The second-order valence-corrected chi connectivity index (χ2v) is 4.37. The Bertz CT molecular complexity index is 831. The van der Waals surface area contributed by atoms with Crippen molar-refractivity contribution in [2.75, 3.05) is 0 Å². The first kappa shape index (κ1) is 12.2. The maximum absolute atomic E-state index is 12.1. The van der Waals surface area contributed by atoms with Crippen LogP contribution in [-0.2, 0) is 6.54 Å². The molecule has 6 nitrogen and oxygen atoms in total. The van der Waals surface area contributed by atoms with Crippen molar-refractivity contribution in [3.8, 4) is 0 Å². The van der Waals surface area contributed by atoms with E-state index in [-0.39, 0.29) is 11.3 Å². The molecule has 0 bridgehead atoms. The van der Waals surface area contributed by atoms with Crippen LogP contribution in [0.4, 0.5) is 0 Å². The molecule has 3 rings (SSSR count). The van der Waals surface area contributed by atoms with Crippen LogP contribution < -0.4 is 5.69 Å². The second-order valence-electron chi connectivity index (χ2n) is 4.37. The molecule has 20 heavy (non-hydrogen) atoms. The normalized spacial score (nSPS) is 10.8. The number of fused-ring (bicyclic) bond motifs is 1. The van der Waals surface area contributed by atoms with Crippen LogP contribution in [0.3, 0.4) is 0 Å². The van der Waals surface area contributed by atoms with E-state index in [1.807, 2.05) is 6.07 Å². The Morgan fingerprint density at radius 1 is 1.15 bits per heavy atom. The molecule has 2 heterocycles. The fraction of sp³-hybridized carbons (Fsp3) is 0.0714. The Morgan fingerprint density at radius 3 is 2.55 bits per heavy atom. The van der Waals surface area contributed by atoms with Crippen molar-refractivity contribution in [2.24, 2.45) is 0 Å². The van der Waals surface area contributed by atoms with Crippen molar-refractivity contribution in [1.29, 1.82) is 0 Å².